The highest BCUT2D eigenvalue weighted by atomic mass is 79.9. The smallest absolute Gasteiger partial charge is 0.340 e. The Morgan fingerprint density at radius 3 is 2.41 bits per heavy atom. The Balaban J connectivity index is 2.47. The molecular formula is C13H9Br2NO5S. The van der Waals surface area contributed by atoms with Gasteiger partial charge in [0, 0.05) is 15.0 Å². The first-order chi connectivity index (χ1) is 10.2. The van der Waals surface area contributed by atoms with Gasteiger partial charge in [0.15, 0.2) is 0 Å². The van der Waals surface area contributed by atoms with Gasteiger partial charge in [0.2, 0.25) is 5.75 Å². The van der Waals surface area contributed by atoms with Crippen LogP contribution in [0.1, 0.15) is 5.56 Å². The SMILES string of the molecule is Cc1ccc(OS(=O)(=O)c2ccc(Br)cc2Br)c([N+](=O)[O-])c1. The Hall–Kier alpha value is -1.45. The molecule has 0 amide bonds. The lowest BCUT2D eigenvalue weighted by atomic mass is 10.2. The van der Waals surface area contributed by atoms with Crippen molar-refractivity contribution in [1.29, 1.82) is 0 Å². The second-order valence-electron chi connectivity index (χ2n) is 4.34. The third-order valence-corrected chi connectivity index (χ3v) is 5.38. The van der Waals surface area contributed by atoms with Gasteiger partial charge in [-0.3, -0.25) is 10.1 Å². The third-order valence-electron chi connectivity index (χ3n) is 2.67. The van der Waals surface area contributed by atoms with E-state index in [1.165, 1.54) is 30.3 Å². The van der Waals surface area contributed by atoms with E-state index in [1.807, 2.05) is 0 Å². The molecule has 0 bridgehead atoms. The van der Waals surface area contributed by atoms with Gasteiger partial charge in [0.05, 0.1) is 4.92 Å². The molecule has 2 aromatic carbocycles. The summed E-state index contributed by atoms with van der Waals surface area (Å²) in [4.78, 5) is 10.2. The average molecular weight is 451 g/mol. The zero-order valence-corrected chi connectivity index (χ0v) is 15.1. The predicted octanol–water partition coefficient (Wildman–Crippen LogP) is 4.20. The molecule has 0 atom stereocenters. The average Bonchev–Trinajstić information content (AvgIpc) is 2.39. The number of nitrogens with zero attached hydrogens (tertiary/aromatic N) is 1. The molecule has 0 spiro atoms. The fourth-order valence-electron chi connectivity index (χ4n) is 1.68. The van der Waals surface area contributed by atoms with Crippen LogP contribution in [0.4, 0.5) is 5.69 Å². The lowest BCUT2D eigenvalue weighted by Crippen LogP contribution is -2.11. The molecule has 2 rings (SSSR count). The molecule has 0 aliphatic rings. The minimum atomic E-state index is -4.20. The fourth-order valence-corrected chi connectivity index (χ4v) is 4.32. The van der Waals surface area contributed by atoms with Gasteiger partial charge in [-0.25, -0.2) is 0 Å². The molecule has 0 fully saturated rings. The van der Waals surface area contributed by atoms with E-state index in [9.17, 15) is 18.5 Å². The van der Waals surface area contributed by atoms with Crippen molar-refractivity contribution in [2.45, 2.75) is 11.8 Å². The van der Waals surface area contributed by atoms with Crippen LogP contribution >= 0.6 is 31.9 Å². The highest BCUT2D eigenvalue weighted by Gasteiger charge is 2.25. The van der Waals surface area contributed by atoms with Gasteiger partial charge < -0.3 is 4.18 Å². The van der Waals surface area contributed by atoms with Crippen molar-refractivity contribution >= 4 is 47.7 Å². The minimum absolute atomic E-state index is 0.120. The topological polar surface area (TPSA) is 86.5 Å². The van der Waals surface area contributed by atoms with E-state index < -0.39 is 20.7 Å². The van der Waals surface area contributed by atoms with Crippen molar-refractivity contribution < 1.29 is 17.5 Å². The summed E-state index contributed by atoms with van der Waals surface area (Å²) in [7, 11) is -4.20. The number of halogens is 2. The van der Waals surface area contributed by atoms with Crippen LogP contribution in [0.2, 0.25) is 0 Å². The Labute approximate surface area is 143 Å². The summed E-state index contributed by atoms with van der Waals surface area (Å²) >= 11 is 6.35. The number of nitro groups is 1. The molecule has 2 aromatic rings. The van der Waals surface area contributed by atoms with Crippen molar-refractivity contribution in [2.24, 2.45) is 0 Å². The first kappa shape index (κ1) is 16.9. The predicted molar refractivity (Wildman–Crippen MR) is 87.5 cm³/mol. The minimum Gasteiger partial charge on any atom is -0.372 e. The standard InChI is InChI=1S/C13H9Br2NO5S/c1-8-2-4-12(11(6-8)16(17)18)21-22(19,20)13-5-3-9(14)7-10(13)15/h2-7H,1H3. The second kappa shape index (κ2) is 6.35. The van der Waals surface area contributed by atoms with Crippen LogP contribution in [-0.4, -0.2) is 13.3 Å². The number of aryl methyl sites for hydroxylation is 1. The van der Waals surface area contributed by atoms with Crippen LogP contribution < -0.4 is 4.18 Å². The summed E-state index contributed by atoms with van der Waals surface area (Å²) in [5, 5.41) is 11.0. The summed E-state index contributed by atoms with van der Waals surface area (Å²) in [6.07, 6.45) is 0. The first-order valence-electron chi connectivity index (χ1n) is 5.85. The normalized spacial score (nSPS) is 11.2. The molecule has 6 nitrogen and oxygen atoms in total. The molecule has 0 aliphatic carbocycles. The van der Waals surface area contributed by atoms with E-state index in [2.05, 4.69) is 31.9 Å². The number of hydrogen-bond acceptors (Lipinski definition) is 5. The maximum atomic E-state index is 12.3. The van der Waals surface area contributed by atoms with E-state index in [0.717, 1.165) is 0 Å². The second-order valence-corrected chi connectivity index (χ2v) is 7.63. The molecule has 0 saturated carbocycles. The van der Waals surface area contributed by atoms with E-state index in [0.29, 0.717) is 10.0 Å². The van der Waals surface area contributed by atoms with Crippen LogP contribution in [0.3, 0.4) is 0 Å². The zero-order chi connectivity index (χ0) is 16.5. The van der Waals surface area contributed by atoms with Gasteiger partial charge in [-0.1, -0.05) is 22.0 Å². The van der Waals surface area contributed by atoms with Crippen LogP contribution in [-0.2, 0) is 10.1 Å². The Bertz CT molecular complexity index is 852. The molecule has 0 unspecified atom stereocenters. The Kier molecular flexibility index (Phi) is 4.88. The highest BCUT2D eigenvalue weighted by Crippen LogP contribution is 2.33. The zero-order valence-electron chi connectivity index (χ0n) is 11.1. The number of hydrogen-bond donors (Lipinski definition) is 0. The summed E-state index contributed by atoms with van der Waals surface area (Å²) in [5.74, 6) is -0.328. The monoisotopic (exact) mass is 449 g/mol. The molecule has 0 aromatic heterocycles. The molecule has 0 N–H and O–H groups in total. The summed E-state index contributed by atoms with van der Waals surface area (Å²) in [5.41, 5.74) is 0.220. The summed E-state index contributed by atoms with van der Waals surface area (Å²) < 4.78 is 30.5. The fraction of sp³-hybridized carbons (Fsp3) is 0.0769. The van der Waals surface area contributed by atoms with E-state index in [-0.39, 0.29) is 15.1 Å². The maximum Gasteiger partial charge on any atom is 0.340 e. The quantitative estimate of drug-likeness (QED) is 0.395. The Morgan fingerprint density at radius 1 is 1.14 bits per heavy atom. The van der Waals surface area contributed by atoms with Crippen LogP contribution in [0.25, 0.3) is 0 Å². The van der Waals surface area contributed by atoms with E-state index >= 15 is 0 Å². The number of rotatable bonds is 4. The van der Waals surface area contributed by atoms with Crippen LogP contribution in [0.15, 0.2) is 50.2 Å². The molecule has 22 heavy (non-hydrogen) atoms. The lowest BCUT2D eigenvalue weighted by molar-refractivity contribution is -0.385. The van der Waals surface area contributed by atoms with Crippen molar-refractivity contribution in [1.82, 2.24) is 0 Å². The molecule has 116 valence electrons. The van der Waals surface area contributed by atoms with Gasteiger partial charge in [-0.15, -0.1) is 0 Å². The lowest BCUT2D eigenvalue weighted by Gasteiger charge is -2.09. The highest BCUT2D eigenvalue weighted by molar-refractivity contribution is 9.11. The van der Waals surface area contributed by atoms with Crippen molar-refractivity contribution in [3.05, 3.63) is 61.0 Å². The van der Waals surface area contributed by atoms with Gasteiger partial charge in [0.25, 0.3) is 0 Å². The Morgan fingerprint density at radius 2 is 1.82 bits per heavy atom. The van der Waals surface area contributed by atoms with E-state index in [4.69, 9.17) is 4.18 Å². The van der Waals surface area contributed by atoms with Crippen LogP contribution in [0.5, 0.6) is 5.75 Å². The van der Waals surface area contributed by atoms with Crippen LogP contribution in [0, 0.1) is 17.0 Å². The van der Waals surface area contributed by atoms with Gasteiger partial charge in [0.1, 0.15) is 4.90 Å². The van der Waals surface area contributed by atoms with Gasteiger partial charge >= 0.3 is 15.8 Å². The maximum absolute atomic E-state index is 12.3. The molecule has 0 aliphatic heterocycles. The largest absolute Gasteiger partial charge is 0.372 e. The molecular weight excluding hydrogens is 442 g/mol. The van der Waals surface area contributed by atoms with Gasteiger partial charge in [-0.2, -0.15) is 8.42 Å². The molecule has 0 heterocycles. The first-order valence-corrected chi connectivity index (χ1v) is 8.85. The number of benzene rings is 2. The summed E-state index contributed by atoms with van der Waals surface area (Å²) in [6.45, 7) is 1.66. The van der Waals surface area contributed by atoms with Gasteiger partial charge in [-0.05, 0) is 52.7 Å². The number of nitro benzene ring substituents is 1. The van der Waals surface area contributed by atoms with Crippen molar-refractivity contribution in [3.8, 4) is 5.75 Å². The van der Waals surface area contributed by atoms with Crippen molar-refractivity contribution in [2.75, 3.05) is 0 Å². The molecule has 9 heteroatoms. The molecule has 0 saturated heterocycles. The van der Waals surface area contributed by atoms with E-state index in [1.54, 1.807) is 13.0 Å². The third kappa shape index (κ3) is 3.65. The summed E-state index contributed by atoms with van der Waals surface area (Å²) in [6, 6.07) is 8.46. The van der Waals surface area contributed by atoms with Crippen molar-refractivity contribution in [3.63, 3.8) is 0 Å². The molecule has 0 radical (unpaired) electrons.